The van der Waals surface area contributed by atoms with Gasteiger partial charge in [0.15, 0.2) is 0 Å². The van der Waals surface area contributed by atoms with Gasteiger partial charge in [-0.15, -0.1) is 0 Å². The van der Waals surface area contributed by atoms with Crippen molar-refractivity contribution in [1.82, 2.24) is 10.2 Å². The van der Waals surface area contributed by atoms with Crippen LogP contribution in [0.2, 0.25) is 0 Å². The minimum atomic E-state index is 0.150. The van der Waals surface area contributed by atoms with Crippen LogP contribution in [0, 0.1) is 6.92 Å². The molecule has 4 aliphatic rings. The first-order chi connectivity index (χ1) is 22.4. The van der Waals surface area contributed by atoms with Crippen LogP contribution in [0.1, 0.15) is 29.2 Å². The van der Waals surface area contributed by atoms with Crippen LogP contribution < -0.4 is 10.2 Å². The normalized spacial score (nSPS) is 20.7. The SMILES string of the molecule is C=C1/C=C(C)\C=C/N(c2ccc3cc(C4=CNC5C(=C4)C=CC4=C5N(C)CC(c5ccccc5)=C4)ccc3c2)c2ccc(C)cc21. The molecule has 0 saturated heterocycles. The third kappa shape index (κ3) is 4.95. The van der Waals surface area contributed by atoms with Crippen molar-refractivity contribution < 1.29 is 0 Å². The third-order valence-electron chi connectivity index (χ3n) is 9.46. The summed E-state index contributed by atoms with van der Waals surface area (Å²) in [5, 5.41) is 6.18. The molecule has 0 bridgehead atoms. The van der Waals surface area contributed by atoms with Crippen LogP contribution >= 0.6 is 0 Å². The first-order valence-corrected chi connectivity index (χ1v) is 16.0. The van der Waals surface area contributed by atoms with Gasteiger partial charge in [-0.1, -0.05) is 85.0 Å². The van der Waals surface area contributed by atoms with Gasteiger partial charge >= 0.3 is 0 Å². The zero-order valence-corrected chi connectivity index (χ0v) is 26.6. The van der Waals surface area contributed by atoms with Gasteiger partial charge in [0, 0.05) is 42.9 Å². The standard InChI is InChI=1S/C43H37N3/c1-28-10-17-41-40(21-28)30(3)20-29(2)18-19-46(41)39-16-15-32-22-33(11-12-34(32)25-39)37-23-35-13-14-36-24-38(31-8-6-5-7-9-31)27-45(4)43(36)42(35)44-26-37/h5-26,42,44H,3,27H2,1-2,4H3/b19-18-,29-20-. The molecule has 1 atom stereocenters. The van der Waals surface area contributed by atoms with Gasteiger partial charge in [0.1, 0.15) is 0 Å². The highest BCUT2D eigenvalue weighted by atomic mass is 15.2. The number of hydrogen-bond donors (Lipinski definition) is 1. The number of anilines is 2. The summed E-state index contributed by atoms with van der Waals surface area (Å²) >= 11 is 0. The monoisotopic (exact) mass is 595 g/mol. The highest BCUT2D eigenvalue weighted by Crippen LogP contribution is 2.39. The number of hydrogen-bond acceptors (Lipinski definition) is 3. The average Bonchev–Trinajstić information content (AvgIpc) is 3.07. The van der Waals surface area contributed by atoms with Crippen molar-refractivity contribution in [3.05, 3.63) is 185 Å². The number of fused-ring (bicyclic) bond motifs is 4. The summed E-state index contributed by atoms with van der Waals surface area (Å²) in [4.78, 5) is 4.67. The Kier molecular flexibility index (Phi) is 6.76. The van der Waals surface area contributed by atoms with Gasteiger partial charge in [0.2, 0.25) is 0 Å². The van der Waals surface area contributed by atoms with Crippen LogP contribution in [0.4, 0.5) is 11.4 Å². The predicted molar refractivity (Wildman–Crippen MR) is 195 cm³/mol. The van der Waals surface area contributed by atoms with Gasteiger partial charge in [-0.3, -0.25) is 0 Å². The van der Waals surface area contributed by atoms with E-state index in [0.29, 0.717) is 0 Å². The fourth-order valence-electron chi connectivity index (χ4n) is 7.10. The summed E-state index contributed by atoms with van der Waals surface area (Å²) in [5.74, 6) is 0. The second-order valence-electron chi connectivity index (χ2n) is 12.8. The maximum Gasteiger partial charge on any atom is 0.0918 e. The van der Waals surface area contributed by atoms with E-state index in [-0.39, 0.29) is 6.04 Å². The Morgan fingerprint density at radius 3 is 2.48 bits per heavy atom. The summed E-state index contributed by atoms with van der Waals surface area (Å²) < 4.78 is 0. The molecular formula is C43H37N3. The van der Waals surface area contributed by atoms with E-state index < -0.39 is 0 Å². The number of rotatable bonds is 3. The molecule has 0 saturated carbocycles. The highest BCUT2D eigenvalue weighted by Gasteiger charge is 2.30. The lowest BCUT2D eigenvalue weighted by Gasteiger charge is -2.39. The van der Waals surface area contributed by atoms with E-state index in [2.05, 4.69) is 176 Å². The van der Waals surface area contributed by atoms with Crippen LogP contribution in [0.5, 0.6) is 0 Å². The molecule has 0 fully saturated rings. The predicted octanol–water partition coefficient (Wildman–Crippen LogP) is 9.87. The topological polar surface area (TPSA) is 18.5 Å². The maximum absolute atomic E-state index is 4.38. The fourth-order valence-corrected chi connectivity index (χ4v) is 7.10. The maximum atomic E-state index is 4.38. The summed E-state index contributed by atoms with van der Waals surface area (Å²) in [6.07, 6.45) is 17.9. The lowest BCUT2D eigenvalue weighted by molar-refractivity contribution is 0.420. The molecular weight excluding hydrogens is 558 g/mol. The summed E-state index contributed by atoms with van der Waals surface area (Å²) in [6.45, 7) is 9.54. The van der Waals surface area contributed by atoms with Crippen molar-refractivity contribution in [1.29, 1.82) is 0 Å². The minimum Gasteiger partial charge on any atom is -0.378 e. The fraction of sp³-hybridized carbons (Fsp3) is 0.116. The molecule has 0 spiro atoms. The Morgan fingerprint density at radius 2 is 1.61 bits per heavy atom. The number of dihydropyridines is 1. The second kappa shape index (κ2) is 11.1. The van der Waals surface area contributed by atoms with Crippen molar-refractivity contribution in [2.24, 2.45) is 0 Å². The molecule has 0 amide bonds. The second-order valence-corrected chi connectivity index (χ2v) is 12.8. The van der Waals surface area contributed by atoms with Gasteiger partial charge in [0.25, 0.3) is 0 Å². The van der Waals surface area contributed by atoms with E-state index in [1.807, 2.05) is 0 Å². The van der Waals surface area contributed by atoms with Crippen molar-refractivity contribution in [3.63, 3.8) is 0 Å². The molecule has 3 heteroatoms. The van der Waals surface area contributed by atoms with E-state index in [1.54, 1.807) is 0 Å². The van der Waals surface area contributed by atoms with E-state index in [4.69, 9.17) is 0 Å². The van der Waals surface area contributed by atoms with Gasteiger partial charge < -0.3 is 15.1 Å². The summed E-state index contributed by atoms with van der Waals surface area (Å²) in [7, 11) is 2.21. The Labute approximate surface area is 271 Å². The van der Waals surface area contributed by atoms with Crippen LogP contribution in [0.25, 0.3) is 27.5 Å². The molecule has 1 N–H and O–H groups in total. The molecule has 224 valence electrons. The first kappa shape index (κ1) is 28.0. The average molecular weight is 596 g/mol. The molecule has 0 aromatic heterocycles. The molecule has 3 nitrogen and oxygen atoms in total. The lowest BCUT2D eigenvalue weighted by atomic mass is 9.85. The van der Waals surface area contributed by atoms with Crippen molar-refractivity contribution in [3.8, 4) is 0 Å². The largest absolute Gasteiger partial charge is 0.378 e. The van der Waals surface area contributed by atoms with E-state index >= 15 is 0 Å². The van der Waals surface area contributed by atoms with Crippen LogP contribution in [0.3, 0.4) is 0 Å². The number of allylic oxidation sites excluding steroid dienone is 9. The Hall–Kier alpha value is -5.54. The minimum absolute atomic E-state index is 0.150. The molecule has 3 heterocycles. The van der Waals surface area contributed by atoms with Crippen molar-refractivity contribution >= 4 is 38.9 Å². The molecule has 3 aliphatic heterocycles. The molecule has 0 radical (unpaired) electrons. The molecule has 46 heavy (non-hydrogen) atoms. The lowest BCUT2D eigenvalue weighted by Crippen LogP contribution is -2.41. The number of nitrogens with one attached hydrogen (secondary N) is 1. The smallest absolute Gasteiger partial charge is 0.0918 e. The molecule has 8 rings (SSSR count). The Balaban J connectivity index is 1.08. The van der Waals surface area contributed by atoms with Crippen LogP contribution in [-0.4, -0.2) is 24.5 Å². The zero-order valence-electron chi connectivity index (χ0n) is 26.6. The third-order valence-corrected chi connectivity index (χ3v) is 9.46. The zero-order chi connectivity index (χ0) is 31.4. The Bertz CT molecular complexity index is 2150. The highest BCUT2D eigenvalue weighted by molar-refractivity contribution is 5.93. The van der Waals surface area contributed by atoms with Crippen molar-refractivity contribution in [2.75, 3.05) is 18.5 Å². The summed E-state index contributed by atoms with van der Waals surface area (Å²) in [5.41, 5.74) is 15.8. The van der Waals surface area contributed by atoms with E-state index in [1.165, 1.54) is 61.0 Å². The van der Waals surface area contributed by atoms with E-state index in [9.17, 15) is 0 Å². The van der Waals surface area contributed by atoms with E-state index in [0.717, 1.165) is 29.1 Å². The molecule has 1 aliphatic carbocycles. The van der Waals surface area contributed by atoms with Gasteiger partial charge in [-0.05, 0) is 118 Å². The van der Waals surface area contributed by atoms with Crippen LogP contribution in [-0.2, 0) is 0 Å². The first-order valence-electron chi connectivity index (χ1n) is 16.0. The quantitative estimate of drug-likeness (QED) is 0.254. The number of aryl methyl sites for hydroxylation is 1. The molecule has 4 aromatic carbocycles. The number of benzene rings is 4. The Morgan fingerprint density at radius 1 is 0.783 bits per heavy atom. The van der Waals surface area contributed by atoms with Gasteiger partial charge in [0.05, 0.1) is 11.7 Å². The van der Waals surface area contributed by atoms with Crippen molar-refractivity contribution in [2.45, 2.75) is 19.9 Å². The number of nitrogens with zero attached hydrogens (tertiary/aromatic N) is 2. The van der Waals surface area contributed by atoms with Gasteiger partial charge in [-0.2, -0.15) is 0 Å². The molecule has 1 unspecified atom stereocenters. The number of likely N-dealkylation sites (N-methyl/N-ethyl adjacent to an activating group) is 1. The molecule has 4 aromatic rings. The van der Waals surface area contributed by atoms with Gasteiger partial charge in [-0.25, -0.2) is 0 Å². The van der Waals surface area contributed by atoms with Crippen LogP contribution in [0.15, 0.2) is 163 Å². The summed E-state index contributed by atoms with van der Waals surface area (Å²) in [6, 6.07) is 31.0.